The van der Waals surface area contributed by atoms with Crippen LogP contribution in [0.15, 0.2) is 18.5 Å². The van der Waals surface area contributed by atoms with E-state index in [9.17, 15) is 14.7 Å². The molecule has 1 aliphatic heterocycles. The number of carbonyl (C=O) groups excluding carboxylic acids is 1. The highest BCUT2D eigenvalue weighted by Gasteiger charge is 2.40. The zero-order valence-electron chi connectivity index (χ0n) is 10.2. The number of hydrogen-bond acceptors (Lipinski definition) is 4. The molecule has 0 bridgehead atoms. The van der Waals surface area contributed by atoms with E-state index in [0.717, 1.165) is 5.56 Å². The monoisotopic (exact) mass is 250 g/mol. The lowest BCUT2D eigenvalue weighted by atomic mass is 9.96. The Balaban J connectivity index is 2.44. The predicted molar refractivity (Wildman–Crippen MR) is 61.9 cm³/mol. The number of nitrogens with zero attached hydrogens (tertiary/aromatic N) is 2. The van der Waals surface area contributed by atoms with E-state index in [1.165, 1.54) is 4.90 Å². The van der Waals surface area contributed by atoms with Crippen molar-refractivity contribution in [2.45, 2.75) is 19.1 Å². The Kier molecular flexibility index (Phi) is 3.29. The fourth-order valence-electron chi connectivity index (χ4n) is 2.08. The van der Waals surface area contributed by atoms with E-state index in [0.29, 0.717) is 5.56 Å². The first-order chi connectivity index (χ1) is 8.52. The molecule has 2 unspecified atom stereocenters. The third kappa shape index (κ3) is 2.06. The molecule has 2 heterocycles. The minimum Gasteiger partial charge on any atom is -0.479 e. The molecule has 1 saturated heterocycles. The molecule has 96 valence electrons. The first kappa shape index (κ1) is 12.5. The second-order valence-electron chi connectivity index (χ2n) is 4.25. The van der Waals surface area contributed by atoms with Crippen molar-refractivity contribution in [2.75, 3.05) is 13.7 Å². The first-order valence-corrected chi connectivity index (χ1v) is 5.53. The van der Waals surface area contributed by atoms with Crippen LogP contribution < -0.4 is 0 Å². The Hall–Kier alpha value is -1.95. The molecule has 2 rings (SSSR count). The third-order valence-corrected chi connectivity index (χ3v) is 3.13. The smallest absolute Gasteiger partial charge is 0.335 e. The van der Waals surface area contributed by atoms with Crippen molar-refractivity contribution in [1.29, 1.82) is 0 Å². The highest BCUT2D eigenvalue weighted by atomic mass is 16.5. The summed E-state index contributed by atoms with van der Waals surface area (Å²) in [5, 5.41) is 9.18. The first-order valence-electron chi connectivity index (χ1n) is 5.53. The van der Waals surface area contributed by atoms with Crippen LogP contribution in [0, 0.1) is 6.92 Å². The molecule has 1 fully saturated rings. The highest BCUT2D eigenvalue weighted by molar-refractivity contribution is 5.82. The van der Waals surface area contributed by atoms with Gasteiger partial charge in [-0.05, 0) is 24.1 Å². The summed E-state index contributed by atoms with van der Waals surface area (Å²) in [4.78, 5) is 28.3. The van der Waals surface area contributed by atoms with Crippen LogP contribution in [0.3, 0.4) is 0 Å². The van der Waals surface area contributed by atoms with Gasteiger partial charge in [-0.3, -0.25) is 9.78 Å². The third-order valence-electron chi connectivity index (χ3n) is 3.13. The molecular formula is C12H14N2O4. The average molecular weight is 250 g/mol. The summed E-state index contributed by atoms with van der Waals surface area (Å²) >= 11 is 0. The van der Waals surface area contributed by atoms with Gasteiger partial charge >= 0.3 is 5.97 Å². The van der Waals surface area contributed by atoms with Crippen LogP contribution in [0.4, 0.5) is 0 Å². The molecule has 0 radical (unpaired) electrons. The second kappa shape index (κ2) is 4.73. The fraction of sp³-hybridized carbons (Fsp3) is 0.417. The van der Waals surface area contributed by atoms with E-state index >= 15 is 0 Å². The fourth-order valence-corrected chi connectivity index (χ4v) is 2.08. The van der Waals surface area contributed by atoms with E-state index in [2.05, 4.69) is 4.98 Å². The van der Waals surface area contributed by atoms with Crippen LogP contribution in [-0.2, 0) is 14.3 Å². The number of hydrogen-bond donors (Lipinski definition) is 1. The Morgan fingerprint density at radius 3 is 2.94 bits per heavy atom. The number of morpholine rings is 1. The zero-order chi connectivity index (χ0) is 13.3. The van der Waals surface area contributed by atoms with E-state index in [1.54, 1.807) is 25.5 Å². The van der Waals surface area contributed by atoms with Gasteiger partial charge in [0.1, 0.15) is 6.61 Å². The summed E-state index contributed by atoms with van der Waals surface area (Å²) in [5.74, 6) is -1.32. The van der Waals surface area contributed by atoms with Gasteiger partial charge < -0.3 is 14.7 Å². The van der Waals surface area contributed by atoms with E-state index < -0.39 is 18.1 Å². The number of carboxylic acids is 1. The second-order valence-corrected chi connectivity index (χ2v) is 4.25. The quantitative estimate of drug-likeness (QED) is 0.820. The molecule has 2 atom stereocenters. The van der Waals surface area contributed by atoms with Crippen molar-refractivity contribution < 1.29 is 19.4 Å². The van der Waals surface area contributed by atoms with E-state index in [-0.39, 0.29) is 12.5 Å². The van der Waals surface area contributed by atoms with Gasteiger partial charge in [0.25, 0.3) is 0 Å². The summed E-state index contributed by atoms with van der Waals surface area (Å²) in [6.45, 7) is 1.64. The molecule has 18 heavy (non-hydrogen) atoms. The van der Waals surface area contributed by atoms with Crippen LogP contribution >= 0.6 is 0 Å². The summed E-state index contributed by atoms with van der Waals surface area (Å²) < 4.78 is 5.13. The molecule has 0 spiro atoms. The molecule has 1 aliphatic rings. The number of aromatic nitrogens is 1. The summed E-state index contributed by atoms with van der Waals surface area (Å²) in [6, 6.07) is 1.14. The standard InChI is InChI=1S/C12H14N2O4/c1-7-3-4-13-5-8(7)10-11(12(16)17)18-6-9(15)14(10)2/h3-5,10-11H,6H2,1-2H3,(H,16,17). The van der Waals surface area contributed by atoms with Crippen molar-refractivity contribution in [2.24, 2.45) is 0 Å². The van der Waals surface area contributed by atoms with Crippen LogP contribution in [0.5, 0.6) is 0 Å². The van der Waals surface area contributed by atoms with Gasteiger partial charge in [-0.1, -0.05) is 0 Å². The maximum atomic E-state index is 11.6. The minimum absolute atomic E-state index is 0.205. The molecule has 0 saturated carbocycles. The van der Waals surface area contributed by atoms with Crippen molar-refractivity contribution in [3.05, 3.63) is 29.6 Å². The van der Waals surface area contributed by atoms with E-state index in [4.69, 9.17) is 4.74 Å². The molecule has 1 N–H and O–H groups in total. The van der Waals surface area contributed by atoms with Gasteiger partial charge in [0.15, 0.2) is 6.10 Å². The Morgan fingerprint density at radius 2 is 2.33 bits per heavy atom. The normalized spacial score (nSPS) is 24.1. The van der Waals surface area contributed by atoms with Crippen LogP contribution in [-0.4, -0.2) is 46.6 Å². The molecule has 0 aromatic carbocycles. The largest absolute Gasteiger partial charge is 0.479 e. The average Bonchev–Trinajstić information content (AvgIpc) is 2.33. The molecule has 6 heteroatoms. The molecule has 6 nitrogen and oxygen atoms in total. The Morgan fingerprint density at radius 1 is 1.61 bits per heavy atom. The number of pyridine rings is 1. The summed E-state index contributed by atoms with van der Waals surface area (Å²) in [5.41, 5.74) is 1.58. The van der Waals surface area contributed by atoms with Gasteiger partial charge in [0, 0.05) is 19.4 Å². The Labute approximate surface area is 104 Å². The summed E-state index contributed by atoms with van der Waals surface area (Å²) in [6.07, 6.45) is 2.14. The molecule has 1 aromatic rings. The highest BCUT2D eigenvalue weighted by Crippen LogP contribution is 2.30. The molecule has 0 aliphatic carbocycles. The van der Waals surface area contributed by atoms with Crippen molar-refractivity contribution in [3.63, 3.8) is 0 Å². The number of ether oxygens (including phenoxy) is 1. The summed E-state index contributed by atoms with van der Waals surface area (Å²) in [7, 11) is 1.58. The van der Waals surface area contributed by atoms with Crippen molar-refractivity contribution in [3.8, 4) is 0 Å². The number of rotatable bonds is 2. The number of aryl methyl sites for hydroxylation is 1. The van der Waals surface area contributed by atoms with Gasteiger partial charge in [0.2, 0.25) is 5.91 Å². The zero-order valence-corrected chi connectivity index (χ0v) is 10.2. The number of aliphatic carboxylic acids is 1. The number of amides is 1. The van der Waals surface area contributed by atoms with Crippen molar-refractivity contribution in [1.82, 2.24) is 9.88 Å². The SMILES string of the molecule is Cc1ccncc1C1C(C(=O)O)OCC(=O)N1C. The van der Waals surface area contributed by atoms with Crippen molar-refractivity contribution >= 4 is 11.9 Å². The maximum absolute atomic E-state index is 11.6. The number of likely N-dealkylation sites (N-methyl/N-ethyl adjacent to an activating group) is 1. The minimum atomic E-state index is -1.08. The van der Waals surface area contributed by atoms with E-state index in [1.807, 2.05) is 6.92 Å². The lowest BCUT2D eigenvalue weighted by molar-refractivity contribution is -0.171. The van der Waals surface area contributed by atoms with Crippen LogP contribution in [0.25, 0.3) is 0 Å². The maximum Gasteiger partial charge on any atom is 0.335 e. The Bertz CT molecular complexity index is 489. The van der Waals surface area contributed by atoms with Gasteiger partial charge in [-0.15, -0.1) is 0 Å². The molecular weight excluding hydrogens is 236 g/mol. The number of carbonyl (C=O) groups is 2. The topological polar surface area (TPSA) is 79.7 Å². The predicted octanol–water partition coefficient (Wildman–Crippen LogP) is 0.373. The lowest BCUT2D eigenvalue weighted by Crippen LogP contribution is -2.50. The molecule has 1 amide bonds. The van der Waals surface area contributed by atoms with Gasteiger partial charge in [-0.2, -0.15) is 0 Å². The lowest BCUT2D eigenvalue weighted by Gasteiger charge is -2.37. The van der Waals surface area contributed by atoms with Crippen LogP contribution in [0.2, 0.25) is 0 Å². The molecule has 1 aromatic heterocycles. The van der Waals surface area contributed by atoms with Gasteiger partial charge in [-0.25, -0.2) is 4.79 Å². The van der Waals surface area contributed by atoms with Gasteiger partial charge in [0.05, 0.1) is 6.04 Å². The number of carboxylic acid groups (broad SMARTS) is 1. The van der Waals surface area contributed by atoms with Crippen LogP contribution in [0.1, 0.15) is 17.2 Å².